The third kappa shape index (κ3) is 8.95. The molecule has 2 fully saturated rings. The summed E-state index contributed by atoms with van der Waals surface area (Å²) in [7, 11) is -2.90. The van der Waals surface area contributed by atoms with Crippen LogP contribution in [0.25, 0.3) is 10.1 Å². The lowest BCUT2D eigenvalue weighted by atomic mass is 9.89. The molecule has 6 rings (SSSR count). The number of thiophene rings is 1. The van der Waals surface area contributed by atoms with Crippen LogP contribution in [0, 0.1) is 11.8 Å². The number of carboxylic acids is 1. The summed E-state index contributed by atoms with van der Waals surface area (Å²) in [5, 5.41) is 12.6. The minimum atomic E-state index is -2.90. The molecule has 0 amide bonds. The van der Waals surface area contributed by atoms with Crippen molar-refractivity contribution in [1.29, 1.82) is 0 Å². The summed E-state index contributed by atoms with van der Waals surface area (Å²) >= 11 is 1.81. The average molecular weight is 735 g/mol. The molecule has 5 nitrogen and oxygen atoms in total. The fraction of sp³-hybridized carbons (Fsp3) is 0.400. The fourth-order valence-electron chi connectivity index (χ4n) is 8.00. The van der Waals surface area contributed by atoms with Crippen LogP contribution in [0.4, 0.5) is 0 Å². The highest BCUT2D eigenvalue weighted by Crippen LogP contribution is 2.45. The molecule has 52 heavy (non-hydrogen) atoms. The molecule has 1 saturated carbocycles. The van der Waals surface area contributed by atoms with Gasteiger partial charge in [0.25, 0.3) is 8.32 Å². The Labute approximate surface area is 315 Å². The molecular formula is C45H54O5SSi. The van der Waals surface area contributed by atoms with E-state index in [4.69, 9.17) is 19.0 Å². The Morgan fingerprint density at radius 2 is 1.69 bits per heavy atom. The van der Waals surface area contributed by atoms with Crippen molar-refractivity contribution in [3.8, 4) is 0 Å². The number of aliphatic carboxylic acids is 1. The van der Waals surface area contributed by atoms with Crippen LogP contribution in [-0.2, 0) is 18.7 Å². The largest absolute Gasteiger partial charge is 0.481 e. The zero-order valence-electron chi connectivity index (χ0n) is 30.9. The number of rotatable bonds is 15. The maximum atomic E-state index is 11.1. The number of carbonyl (C=O) groups is 1. The molecule has 3 aromatic carbocycles. The van der Waals surface area contributed by atoms with Crippen molar-refractivity contribution in [2.24, 2.45) is 11.8 Å². The Kier molecular flexibility index (Phi) is 12.8. The second-order valence-corrected chi connectivity index (χ2v) is 20.7. The van der Waals surface area contributed by atoms with Gasteiger partial charge in [-0.2, -0.15) is 0 Å². The number of fused-ring (bicyclic) bond motifs is 1. The second kappa shape index (κ2) is 17.5. The van der Waals surface area contributed by atoms with Crippen molar-refractivity contribution in [2.75, 3.05) is 6.61 Å². The first kappa shape index (κ1) is 38.1. The van der Waals surface area contributed by atoms with Crippen LogP contribution in [0.1, 0.15) is 83.1 Å². The van der Waals surface area contributed by atoms with Crippen molar-refractivity contribution in [2.45, 2.75) is 95.7 Å². The second-order valence-electron chi connectivity index (χ2n) is 15.3. The molecule has 0 spiro atoms. The molecule has 0 radical (unpaired) electrons. The van der Waals surface area contributed by atoms with Crippen LogP contribution in [0.15, 0.2) is 127 Å². The zero-order chi connectivity index (χ0) is 36.6. The van der Waals surface area contributed by atoms with Crippen molar-refractivity contribution < 1.29 is 23.8 Å². The lowest BCUT2D eigenvalue weighted by Gasteiger charge is -2.44. The first-order chi connectivity index (χ1) is 25.2. The van der Waals surface area contributed by atoms with Gasteiger partial charge in [0.1, 0.15) is 0 Å². The van der Waals surface area contributed by atoms with Gasteiger partial charge in [0.05, 0.1) is 12.2 Å². The Hall–Kier alpha value is -3.59. The number of benzene rings is 3. The molecule has 2 aliphatic rings. The van der Waals surface area contributed by atoms with E-state index in [2.05, 4.69) is 143 Å². The Morgan fingerprint density at radius 3 is 2.33 bits per heavy atom. The van der Waals surface area contributed by atoms with Crippen LogP contribution in [0.5, 0.6) is 0 Å². The van der Waals surface area contributed by atoms with Crippen LogP contribution in [0.3, 0.4) is 0 Å². The molecule has 274 valence electrons. The van der Waals surface area contributed by atoms with E-state index in [9.17, 15) is 4.79 Å². The standard InChI is InChI=1S/C45H54O5SSi/c1-33-31-40(49-44-27-17-18-30-48-44)38(24-13-5-6-14-26-43(46)47)37(33)28-29-39(42-32-34-19-15-16-25-41(34)51-42)50-52(45(2,3)4,35-20-9-7-10-21-35)36-22-11-8-12-23-36/h5,7-13,15-16,19-23,25,28-29,32,37-40,44H,1,6,14,17-18,24,26-27,30-31H2,2-4H3,(H,46,47)/t37-,38-,39-,40-,44?/m1/s1. The summed E-state index contributed by atoms with van der Waals surface area (Å²) in [4.78, 5) is 12.2. The van der Waals surface area contributed by atoms with E-state index in [1.807, 2.05) is 11.3 Å². The van der Waals surface area contributed by atoms with E-state index < -0.39 is 14.3 Å². The highest BCUT2D eigenvalue weighted by molar-refractivity contribution is 7.19. The normalized spacial score (nSPS) is 22.1. The highest BCUT2D eigenvalue weighted by atomic mass is 32.1. The van der Waals surface area contributed by atoms with Crippen molar-refractivity contribution in [3.05, 3.63) is 132 Å². The van der Waals surface area contributed by atoms with E-state index in [1.165, 1.54) is 30.9 Å². The van der Waals surface area contributed by atoms with Gasteiger partial charge in [-0.15, -0.1) is 11.3 Å². The van der Waals surface area contributed by atoms with Crippen molar-refractivity contribution >= 4 is 46.1 Å². The third-order valence-corrected chi connectivity index (χ3v) is 16.8. The molecule has 0 bridgehead atoms. The highest BCUT2D eigenvalue weighted by Gasteiger charge is 2.51. The van der Waals surface area contributed by atoms with Gasteiger partial charge in [-0.25, -0.2) is 0 Å². The maximum absolute atomic E-state index is 11.1. The van der Waals surface area contributed by atoms with Crippen LogP contribution in [0.2, 0.25) is 5.04 Å². The summed E-state index contributed by atoms with van der Waals surface area (Å²) in [6, 6.07) is 32.6. The van der Waals surface area contributed by atoms with Crippen molar-refractivity contribution in [3.63, 3.8) is 0 Å². The molecule has 2 heterocycles. The van der Waals surface area contributed by atoms with Gasteiger partial charge >= 0.3 is 5.97 Å². The molecule has 5 atom stereocenters. The molecule has 1 unspecified atom stereocenters. The summed E-state index contributed by atoms with van der Waals surface area (Å²) in [6.45, 7) is 12.3. The lowest BCUT2D eigenvalue weighted by Crippen LogP contribution is -2.66. The Morgan fingerprint density at radius 1 is 1.00 bits per heavy atom. The Bertz CT molecular complexity index is 1750. The molecule has 1 saturated heterocycles. The summed E-state index contributed by atoms with van der Waals surface area (Å²) < 4.78 is 21.8. The molecule has 4 aromatic rings. The predicted octanol–water partition coefficient (Wildman–Crippen LogP) is 10.4. The number of allylic oxidation sites excluding steroid dienone is 3. The number of hydrogen-bond acceptors (Lipinski definition) is 5. The van der Waals surface area contributed by atoms with E-state index in [-0.39, 0.29) is 41.8 Å². The lowest BCUT2D eigenvalue weighted by molar-refractivity contribution is -0.194. The maximum Gasteiger partial charge on any atom is 0.303 e. The number of carboxylic acid groups (broad SMARTS) is 1. The minimum Gasteiger partial charge on any atom is -0.481 e. The van der Waals surface area contributed by atoms with Crippen LogP contribution in [-0.4, -0.2) is 38.4 Å². The first-order valence-electron chi connectivity index (χ1n) is 18.9. The van der Waals surface area contributed by atoms with E-state index >= 15 is 0 Å². The Balaban J connectivity index is 1.38. The molecule has 1 N–H and O–H groups in total. The quantitative estimate of drug-likeness (QED) is 0.0748. The average Bonchev–Trinajstić information content (AvgIpc) is 3.70. The first-order valence-corrected chi connectivity index (χ1v) is 21.7. The van der Waals surface area contributed by atoms with Gasteiger partial charge in [-0.3, -0.25) is 4.79 Å². The van der Waals surface area contributed by atoms with E-state index in [0.29, 0.717) is 6.42 Å². The fourth-order valence-corrected chi connectivity index (χ4v) is 13.8. The molecule has 1 aliphatic heterocycles. The number of ether oxygens (including phenoxy) is 2. The van der Waals surface area contributed by atoms with Crippen molar-refractivity contribution in [1.82, 2.24) is 0 Å². The van der Waals surface area contributed by atoms with Gasteiger partial charge in [-0.05, 0) is 83.8 Å². The minimum absolute atomic E-state index is 0.00529. The number of hydrogen-bond donors (Lipinski definition) is 1. The molecule has 1 aromatic heterocycles. The monoisotopic (exact) mass is 734 g/mol. The predicted molar refractivity (Wildman–Crippen MR) is 217 cm³/mol. The van der Waals surface area contributed by atoms with Gasteiger partial charge in [-0.1, -0.05) is 136 Å². The summed E-state index contributed by atoms with van der Waals surface area (Å²) in [5.41, 5.74) is 1.17. The SMILES string of the molecule is C=C1C[C@@H](OC2CCCCO2)[C@H](CC=CCCCC(=O)O)[C@@H]1C=C[C@@H](O[Si](c1ccccc1)(c1ccccc1)C(C)(C)C)c1cc2ccccc2s1. The smallest absolute Gasteiger partial charge is 0.303 e. The number of unbranched alkanes of at least 4 members (excludes halogenated alkanes) is 1. The van der Waals surface area contributed by atoms with Gasteiger partial charge in [0.2, 0.25) is 0 Å². The summed E-state index contributed by atoms with van der Waals surface area (Å²) in [6.07, 6.45) is 14.8. The molecule has 1 aliphatic carbocycles. The van der Waals surface area contributed by atoms with E-state index in [0.717, 1.165) is 45.1 Å². The third-order valence-electron chi connectivity index (χ3n) is 10.6. The molecular weight excluding hydrogens is 681 g/mol. The van der Waals surface area contributed by atoms with Gasteiger partial charge in [0, 0.05) is 28.5 Å². The summed E-state index contributed by atoms with van der Waals surface area (Å²) in [5.74, 6) is -0.474. The van der Waals surface area contributed by atoms with Gasteiger partial charge in [0.15, 0.2) is 6.29 Å². The topological polar surface area (TPSA) is 65.0 Å². The van der Waals surface area contributed by atoms with E-state index in [1.54, 1.807) is 0 Å². The van der Waals surface area contributed by atoms with Crippen LogP contribution < -0.4 is 10.4 Å². The van der Waals surface area contributed by atoms with Gasteiger partial charge < -0.3 is 19.0 Å². The molecule has 7 heteroatoms. The zero-order valence-corrected chi connectivity index (χ0v) is 32.7. The van der Waals surface area contributed by atoms with Crippen LogP contribution >= 0.6 is 11.3 Å².